The lowest BCUT2D eigenvalue weighted by atomic mass is 9.99. The zero-order chi connectivity index (χ0) is 14.7. The van der Waals surface area contributed by atoms with Crippen molar-refractivity contribution in [1.82, 2.24) is 4.98 Å². The first-order valence-electron chi connectivity index (χ1n) is 7.74. The summed E-state index contributed by atoms with van der Waals surface area (Å²) in [6.45, 7) is 0.712. The molecular formula is C17H23N3O. The zero-order valence-electron chi connectivity index (χ0n) is 12.6. The largest absolute Gasteiger partial charge is 0.384 e. The number of anilines is 1. The number of hydrazine groups is 1. The summed E-state index contributed by atoms with van der Waals surface area (Å²) in [6.07, 6.45) is 6.71. The summed E-state index contributed by atoms with van der Waals surface area (Å²) in [4.78, 5) is 4.99. The number of pyridine rings is 1. The third-order valence-electron chi connectivity index (χ3n) is 4.35. The summed E-state index contributed by atoms with van der Waals surface area (Å²) < 4.78 is 5.22. The number of nitrogens with two attached hydrogens (primary N) is 1. The van der Waals surface area contributed by atoms with E-state index in [1.54, 1.807) is 7.11 Å². The standard InChI is InChI=1S/C17H23N3O/c1-21-11-10-12-6-5-8-14-16(12)19-15-9-4-2-3-7-13(15)17(14)20-18/h5-6,8H,2-4,7,9-11,18H2,1H3,(H,19,20). The van der Waals surface area contributed by atoms with E-state index in [1.165, 1.54) is 36.1 Å². The van der Waals surface area contributed by atoms with E-state index in [9.17, 15) is 0 Å². The summed E-state index contributed by atoms with van der Waals surface area (Å²) in [7, 11) is 1.73. The Kier molecular flexibility index (Phi) is 4.36. The summed E-state index contributed by atoms with van der Waals surface area (Å²) >= 11 is 0. The van der Waals surface area contributed by atoms with Crippen molar-refractivity contribution in [2.45, 2.75) is 38.5 Å². The zero-order valence-corrected chi connectivity index (χ0v) is 12.6. The Morgan fingerprint density at radius 2 is 2.10 bits per heavy atom. The summed E-state index contributed by atoms with van der Waals surface area (Å²) in [5, 5.41) is 1.13. The highest BCUT2D eigenvalue weighted by molar-refractivity contribution is 5.95. The van der Waals surface area contributed by atoms with Crippen LogP contribution in [0.5, 0.6) is 0 Å². The Hall–Kier alpha value is -1.65. The number of nitrogen functional groups attached to an aromatic ring is 1. The second kappa shape index (κ2) is 6.41. The van der Waals surface area contributed by atoms with Crippen molar-refractivity contribution in [2.75, 3.05) is 19.1 Å². The van der Waals surface area contributed by atoms with E-state index in [1.807, 2.05) is 0 Å². The predicted molar refractivity (Wildman–Crippen MR) is 86.4 cm³/mol. The fourth-order valence-electron chi connectivity index (χ4n) is 3.26. The van der Waals surface area contributed by atoms with Gasteiger partial charge in [0.15, 0.2) is 0 Å². The Morgan fingerprint density at radius 3 is 2.90 bits per heavy atom. The van der Waals surface area contributed by atoms with Crippen LogP contribution in [0.4, 0.5) is 5.69 Å². The second-order valence-electron chi connectivity index (χ2n) is 5.67. The lowest BCUT2D eigenvalue weighted by Gasteiger charge is -2.16. The van der Waals surface area contributed by atoms with E-state index < -0.39 is 0 Å². The van der Waals surface area contributed by atoms with Gasteiger partial charge in [-0.25, -0.2) is 0 Å². The van der Waals surface area contributed by atoms with Crippen LogP contribution >= 0.6 is 0 Å². The topological polar surface area (TPSA) is 60.2 Å². The molecule has 0 spiro atoms. The SMILES string of the molecule is COCCc1cccc2c(NN)c3c(nc12)CCCCC3. The van der Waals surface area contributed by atoms with Gasteiger partial charge in [-0.15, -0.1) is 0 Å². The van der Waals surface area contributed by atoms with E-state index in [0.29, 0.717) is 6.61 Å². The molecule has 2 aromatic rings. The highest BCUT2D eigenvalue weighted by atomic mass is 16.5. The van der Waals surface area contributed by atoms with Crippen LogP contribution in [0.25, 0.3) is 10.9 Å². The number of benzene rings is 1. The molecule has 0 unspecified atom stereocenters. The molecule has 4 heteroatoms. The first-order valence-corrected chi connectivity index (χ1v) is 7.74. The molecule has 0 aliphatic heterocycles. The van der Waals surface area contributed by atoms with Crippen molar-refractivity contribution in [1.29, 1.82) is 0 Å². The molecule has 1 aliphatic carbocycles. The van der Waals surface area contributed by atoms with Crippen LogP contribution in [0.15, 0.2) is 18.2 Å². The molecule has 1 aliphatic rings. The molecule has 0 radical (unpaired) electrons. The maximum Gasteiger partial charge on any atom is 0.0759 e. The molecule has 3 rings (SSSR count). The number of hydrogen-bond donors (Lipinski definition) is 2. The van der Waals surface area contributed by atoms with Crippen LogP contribution in [0.1, 0.15) is 36.1 Å². The van der Waals surface area contributed by atoms with Crippen molar-refractivity contribution in [2.24, 2.45) is 5.84 Å². The van der Waals surface area contributed by atoms with Gasteiger partial charge in [-0.3, -0.25) is 10.8 Å². The van der Waals surface area contributed by atoms with Crippen LogP contribution in [0.3, 0.4) is 0 Å². The molecule has 4 nitrogen and oxygen atoms in total. The second-order valence-corrected chi connectivity index (χ2v) is 5.67. The van der Waals surface area contributed by atoms with Gasteiger partial charge < -0.3 is 10.2 Å². The maximum absolute atomic E-state index is 5.84. The molecular weight excluding hydrogens is 262 g/mol. The number of rotatable bonds is 4. The van der Waals surface area contributed by atoms with E-state index in [-0.39, 0.29) is 0 Å². The van der Waals surface area contributed by atoms with Crippen LogP contribution < -0.4 is 11.3 Å². The molecule has 1 aromatic heterocycles. The molecule has 0 amide bonds. The summed E-state index contributed by atoms with van der Waals surface area (Å²) in [5.41, 5.74) is 8.84. The number of aromatic nitrogens is 1. The molecule has 21 heavy (non-hydrogen) atoms. The van der Waals surface area contributed by atoms with Crippen molar-refractivity contribution >= 4 is 16.6 Å². The predicted octanol–water partition coefficient (Wildman–Crippen LogP) is 2.98. The van der Waals surface area contributed by atoms with Gasteiger partial charge in [0.05, 0.1) is 17.8 Å². The highest BCUT2D eigenvalue weighted by Crippen LogP contribution is 2.33. The van der Waals surface area contributed by atoms with Gasteiger partial charge in [-0.05, 0) is 43.2 Å². The number of nitrogens with one attached hydrogen (secondary N) is 1. The molecule has 0 atom stereocenters. The number of para-hydroxylation sites is 1. The maximum atomic E-state index is 5.84. The van der Waals surface area contributed by atoms with Gasteiger partial charge >= 0.3 is 0 Å². The van der Waals surface area contributed by atoms with Crippen molar-refractivity contribution < 1.29 is 4.74 Å². The summed E-state index contributed by atoms with van der Waals surface area (Å²) in [5.74, 6) is 5.84. The fraction of sp³-hybridized carbons (Fsp3) is 0.471. The Labute approximate surface area is 125 Å². The highest BCUT2D eigenvalue weighted by Gasteiger charge is 2.17. The lowest BCUT2D eigenvalue weighted by Crippen LogP contribution is -2.13. The average Bonchev–Trinajstić information content (AvgIpc) is 2.75. The van der Waals surface area contributed by atoms with E-state index in [4.69, 9.17) is 15.6 Å². The first kappa shape index (κ1) is 14.3. The Bertz CT molecular complexity index is 639. The number of hydrogen-bond acceptors (Lipinski definition) is 4. The monoisotopic (exact) mass is 285 g/mol. The van der Waals surface area contributed by atoms with Crippen molar-refractivity contribution in [3.8, 4) is 0 Å². The van der Waals surface area contributed by atoms with Gasteiger partial charge in [-0.1, -0.05) is 24.6 Å². The number of fused-ring (bicyclic) bond motifs is 2. The average molecular weight is 285 g/mol. The van der Waals surface area contributed by atoms with Gasteiger partial charge in [0, 0.05) is 18.2 Å². The fourth-order valence-corrected chi connectivity index (χ4v) is 3.26. The smallest absolute Gasteiger partial charge is 0.0759 e. The molecule has 0 fully saturated rings. The molecule has 0 saturated heterocycles. The first-order chi connectivity index (χ1) is 10.3. The minimum atomic E-state index is 0.712. The van der Waals surface area contributed by atoms with Gasteiger partial charge in [0.1, 0.15) is 0 Å². The van der Waals surface area contributed by atoms with Gasteiger partial charge in [-0.2, -0.15) is 0 Å². The molecule has 1 aromatic carbocycles. The number of nitrogens with zero attached hydrogens (tertiary/aromatic N) is 1. The molecule has 112 valence electrons. The quantitative estimate of drug-likeness (QED) is 0.515. The van der Waals surface area contributed by atoms with Crippen LogP contribution in [-0.4, -0.2) is 18.7 Å². The van der Waals surface area contributed by atoms with Crippen LogP contribution in [0.2, 0.25) is 0 Å². The number of ether oxygens (including phenoxy) is 1. The molecule has 0 bridgehead atoms. The summed E-state index contributed by atoms with van der Waals surface area (Å²) in [6, 6.07) is 6.33. The molecule has 3 N–H and O–H groups in total. The molecule has 0 saturated carbocycles. The molecule has 1 heterocycles. The van der Waals surface area contributed by atoms with Gasteiger partial charge in [0.2, 0.25) is 0 Å². The third kappa shape index (κ3) is 2.74. The number of aryl methyl sites for hydroxylation is 1. The Morgan fingerprint density at radius 1 is 1.24 bits per heavy atom. The van der Waals surface area contributed by atoms with Crippen molar-refractivity contribution in [3.05, 3.63) is 35.0 Å². The number of methoxy groups -OCH3 is 1. The van der Waals surface area contributed by atoms with Crippen LogP contribution in [-0.2, 0) is 24.0 Å². The minimum Gasteiger partial charge on any atom is -0.384 e. The minimum absolute atomic E-state index is 0.712. The van der Waals surface area contributed by atoms with Gasteiger partial charge in [0.25, 0.3) is 0 Å². The van der Waals surface area contributed by atoms with Crippen molar-refractivity contribution in [3.63, 3.8) is 0 Å². The lowest BCUT2D eigenvalue weighted by molar-refractivity contribution is 0.202. The Balaban J connectivity index is 2.19. The van der Waals surface area contributed by atoms with E-state index in [0.717, 1.165) is 35.9 Å². The third-order valence-corrected chi connectivity index (χ3v) is 4.35. The van der Waals surface area contributed by atoms with E-state index in [2.05, 4.69) is 23.6 Å². The van der Waals surface area contributed by atoms with Crippen LogP contribution in [0, 0.1) is 0 Å². The normalized spacial score (nSPS) is 14.8. The van der Waals surface area contributed by atoms with E-state index >= 15 is 0 Å².